The molecule has 3 heteroatoms. The smallest absolute Gasteiger partial charge is 0.119 e. The zero-order valence-electron chi connectivity index (χ0n) is 13.2. The Morgan fingerprint density at radius 1 is 1.43 bits per heavy atom. The summed E-state index contributed by atoms with van der Waals surface area (Å²) in [6, 6.07) is 7.73. The van der Waals surface area contributed by atoms with Crippen molar-refractivity contribution in [1.29, 1.82) is 0 Å². The summed E-state index contributed by atoms with van der Waals surface area (Å²) in [5.74, 6) is 1.56. The molecule has 2 rings (SSSR count). The number of hydrogen-bond acceptors (Lipinski definition) is 3. The fourth-order valence-corrected chi connectivity index (χ4v) is 2.80. The molecule has 0 spiro atoms. The predicted octanol–water partition coefficient (Wildman–Crippen LogP) is 3.41. The molecule has 1 aliphatic heterocycles. The summed E-state index contributed by atoms with van der Waals surface area (Å²) in [6.07, 6.45) is 2.12. The van der Waals surface area contributed by atoms with Crippen LogP contribution >= 0.6 is 0 Å². The highest BCUT2D eigenvalue weighted by molar-refractivity contribution is 5.29. The molecule has 0 radical (unpaired) electrons. The molecule has 1 aliphatic rings. The van der Waals surface area contributed by atoms with E-state index in [1.807, 2.05) is 31.2 Å². The van der Waals surface area contributed by atoms with E-state index < -0.39 is 6.10 Å². The molecule has 1 aromatic rings. The average Bonchev–Trinajstić information content (AvgIpc) is 2.45. The van der Waals surface area contributed by atoms with Crippen LogP contribution in [-0.2, 0) is 0 Å². The van der Waals surface area contributed by atoms with Gasteiger partial charge in [-0.3, -0.25) is 0 Å². The molecular formula is C18H27NO2. The Kier molecular flexibility index (Phi) is 5.83. The van der Waals surface area contributed by atoms with Crippen LogP contribution < -0.4 is 4.74 Å². The second-order valence-corrected chi connectivity index (χ2v) is 6.34. The van der Waals surface area contributed by atoms with Crippen molar-refractivity contribution in [2.75, 3.05) is 26.2 Å². The van der Waals surface area contributed by atoms with Gasteiger partial charge in [-0.05, 0) is 55.5 Å². The van der Waals surface area contributed by atoms with Crippen molar-refractivity contribution in [2.45, 2.75) is 32.8 Å². The lowest BCUT2D eigenvalue weighted by molar-refractivity contribution is 0.0875. The number of piperidine rings is 1. The Bertz CT molecular complexity index is 455. The number of rotatable bonds is 6. The van der Waals surface area contributed by atoms with Crippen LogP contribution in [0.15, 0.2) is 36.4 Å². The van der Waals surface area contributed by atoms with Gasteiger partial charge in [0.05, 0.1) is 6.10 Å². The maximum absolute atomic E-state index is 10.4. The Hall–Kier alpha value is -1.32. The normalized spacial score (nSPS) is 21.0. The number of likely N-dealkylation sites (tertiary alicyclic amines) is 1. The molecule has 1 saturated heterocycles. The van der Waals surface area contributed by atoms with Crippen molar-refractivity contribution < 1.29 is 9.84 Å². The van der Waals surface area contributed by atoms with Crippen molar-refractivity contribution in [1.82, 2.24) is 4.90 Å². The molecule has 0 aromatic heterocycles. The molecule has 3 nitrogen and oxygen atoms in total. The molecule has 1 heterocycles. The summed E-state index contributed by atoms with van der Waals surface area (Å²) < 4.78 is 5.57. The van der Waals surface area contributed by atoms with Gasteiger partial charge in [0.2, 0.25) is 0 Å². The minimum atomic E-state index is -0.425. The number of ether oxygens (including phenoxy) is 1. The Morgan fingerprint density at radius 2 is 2.14 bits per heavy atom. The van der Waals surface area contributed by atoms with Crippen LogP contribution in [0, 0.1) is 5.92 Å². The first kappa shape index (κ1) is 16.1. The molecule has 0 aliphatic carbocycles. The van der Waals surface area contributed by atoms with E-state index in [4.69, 9.17) is 4.74 Å². The lowest BCUT2D eigenvalue weighted by atomic mass is 9.99. The fourth-order valence-electron chi connectivity index (χ4n) is 2.80. The van der Waals surface area contributed by atoms with Gasteiger partial charge in [-0.1, -0.05) is 25.6 Å². The molecular weight excluding hydrogens is 262 g/mol. The van der Waals surface area contributed by atoms with Gasteiger partial charge in [0.15, 0.2) is 0 Å². The first-order valence-electron chi connectivity index (χ1n) is 7.82. The molecule has 1 N–H and O–H groups in total. The summed E-state index contributed by atoms with van der Waals surface area (Å²) in [7, 11) is 0. The summed E-state index contributed by atoms with van der Waals surface area (Å²) in [5.41, 5.74) is 1.95. The molecule has 0 saturated carbocycles. The predicted molar refractivity (Wildman–Crippen MR) is 86.5 cm³/mol. The lowest BCUT2D eigenvalue weighted by Gasteiger charge is -2.32. The Balaban J connectivity index is 1.87. The number of hydrogen-bond donors (Lipinski definition) is 1. The van der Waals surface area contributed by atoms with Gasteiger partial charge < -0.3 is 14.7 Å². The molecule has 116 valence electrons. The molecule has 0 bridgehead atoms. The minimum Gasteiger partial charge on any atom is -0.489 e. The highest BCUT2D eigenvalue weighted by Gasteiger charge is 2.19. The van der Waals surface area contributed by atoms with Crippen LogP contribution in [0.5, 0.6) is 5.75 Å². The molecule has 1 aromatic carbocycles. The van der Waals surface area contributed by atoms with Gasteiger partial charge in [-0.2, -0.15) is 0 Å². The SMILES string of the molecule is C=C(C)COc1ccc(C(O)CN2CCCC(C)C2)cc1. The van der Waals surface area contributed by atoms with Crippen LogP contribution in [0.25, 0.3) is 0 Å². The van der Waals surface area contributed by atoms with E-state index in [1.165, 1.54) is 12.8 Å². The quantitative estimate of drug-likeness (QED) is 0.815. The van der Waals surface area contributed by atoms with Crippen molar-refractivity contribution in [3.8, 4) is 5.75 Å². The first-order chi connectivity index (χ1) is 10.0. The minimum absolute atomic E-state index is 0.425. The summed E-state index contributed by atoms with van der Waals surface area (Å²) in [5, 5.41) is 10.4. The molecule has 2 unspecified atom stereocenters. The Labute approximate surface area is 128 Å². The molecule has 0 amide bonds. The maximum atomic E-state index is 10.4. The molecule has 2 atom stereocenters. The second-order valence-electron chi connectivity index (χ2n) is 6.34. The van der Waals surface area contributed by atoms with Crippen molar-refractivity contribution in [3.63, 3.8) is 0 Å². The first-order valence-corrected chi connectivity index (χ1v) is 7.82. The van der Waals surface area contributed by atoms with Crippen molar-refractivity contribution >= 4 is 0 Å². The van der Waals surface area contributed by atoms with Crippen LogP contribution in [0.2, 0.25) is 0 Å². The van der Waals surface area contributed by atoms with E-state index in [2.05, 4.69) is 18.4 Å². The number of β-amino-alcohol motifs (C(OH)–C–C–N with tert-alkyl or cyclic N) is 1. The highest BCUT2D eigenvalue weighted by atomic mass is 16.5. The number of benzene rings is 1. The summed E-state index contributed by atoms with van der Waals surface area (Å²) in [6.45, 7) is 11.5. The third-order valence-corrected chi connectivity index (χ3v) is 3.92. The molecule has 1 fully saturated rings. The van der Waals surface area contributed by atoms with Crippen LogP contribution in [-0.4, -0.2) is 36.2 Å². The van der Waals surface area contributed by atoms with Gasteiger partial charge in [-0.15, -0.1) is 0 Å². The summed E-state index contributed by atoms with van der Waals surface area (Å²) in [4.78, 5) is 2.37. The average molecular weight is 289 g/mol. The van der Waals surface area contributed by atoms with Gasteiger partial charge in [-0.25, -0.2) is 0 Å². The third-order valence-electron chi connectivity index (χ3n) is 3.92. The van der Waals surface area contributed by atoms with Crippen molar-refractivity contribution in [3.05, 3.63) is 42.0 Å². The topological polar surface area (TPSA) is 32.7 Å². The lowest BCUT2D eigenvalue weighted by Crippen LogP contribution is -2.37. The van der Waals surface area contributed by atoms with Crippen LogP contribution in [0.3, 0.4) is 0 Å². The number of aliphatic hydroxyl groups excluding tert-OH is 1. The fraction of sp³-hybridized carbons (Fsp3) is 0.556. The second kappa shape index (κ2) is 7.62. The van der Waals surface area contributed by atoms with Crippen LogP contribution in [0.1, 0.15) is 38.4 Å². The van der Waals surface area contributed by atoms with E-state index in [1.54, 1.807) is 0 Å². The zero-order chi connectivity index (χ0) is 15.2. The maximum Gasteiger partial charge on any atom is 0.119 e. The number of nitrogens with zero attached hydrogens (tertiary/aromatic N) is 1. The van der Waals surface area contributed by atoms with E-state index in [-0.39, 0.29) is 0 Å². The van der Waals surface area contributed by atoms with Gasteiger partial charge in [0.1, 0.15) is 12.4 Å². The van der Waals surface area contributed by atoms with Gasteiger partial charge >= 0.3 is 0 Å². The zero-order valence-corrected chi connectivity index (χ0v) is 13.2. The molecule has 21 heavy (non-hydrogen) atoms. The largest absolute Gasteiger partial charge is 0.489 e. The third kappa shape index (κ3) is 5.18. The van der Waals surface area contributed by atoms with Crippen molar-refractivity contribution in [2.24, 2.45) is 5.92 Å². The van der Waals surface area contributed by atoms with Gasteiger partial charge in [0.25, 0.3) is 0 Å². The highest BCUT2D eigenvalue weighted by Crippen LogP contribution is 2.22. The summed E-state index contributed by atoms with van der Waals surface area (Å²) >= 11 is 0. The van der Waals surface area contributed by atoms with E-state index in [9.17, 15) is 5.11 Å². The number of aliphatic hydroxyl groups is 1. The monoisotopic (exact) mass is 289 g/mol. The Morgan fingerprint density at radius 3 is 2.76 bits per heavy atom. The van der Waals surface area contributed by atoms with E-state index in [0.717, 1.165) is 42.4 Å². The van der Waals surface area contributed by atoms with E-state index >= 15 is 0 Å². The van der Waals surface area contributed by atoms with Crippen LogP contribution in [0.4, 0.5) is 0 Å². The standard InChI is InChI=1S/C18H27NO2/c1-14(2)13-21-17-8-6-16(7-9-17)18(20)12-19-10-4-5-15(3)11-19/h6-9,15,18,20H,1,4-5,10-13H2,2-3H3. The van der Waals surface area contributed by atoms with E-state index in [0.29, 0.717) is 6.61 Å². The van der Waals surface area contributed by atoms with Gasteiger partial charge in [0, 0.05) is 13.1 Å².